The summed E-state index contributed by atoms with van der Waals surface area (Å²) in [6, 6.07) is 13.3. The van der Waals surface area contributed by atoms with E-state index in [9.17, 15) is 14.7 Å². The summed E-state index contributed by atoms with van der Waals surface area (Å²) in [7, 11) is 0. The van der Waals surface area contributed by atoms with E-state index in [1.807, 2.05) is 0 Å². The van der Waals surface area contributed by atoms with Gasteiger partial charge in [0, 0.05) is 5.56 Å². The van der Waals surface area contributed by atoms with E-state index < -0.39 is 5.25 Å². The summed E-state index contributed by atoms with van der Waals surface area (Å²) in [6.45, 7) is 3.18. The first-order valence-corrected chi connectivity index (χ1v) is 8.99. The van der Waals surface area contributed by atoms with Gasteiger partial charge in [-0.15, -0.1) is 5.10 Å². The van der Waals surface area contributed by atoms with Crippen molar-refractivity contribution in [1.29, 1.82) is 0 Å². The predicted octanol–water partition coefficient (Wildman–Crippen LogP) is 2.69. The molecule has 2 aromatic carbocycles. The van der Waals surface area contributed by atoms with E-state index in [0.717, 1.165) is 0 Å². The topological polar surface area (TPSA) is 110 Å². The molecule has 0 bridgehead atoms. The molecule has 0 aliphatic rings. The Hall–Kier alpha value is -3.20. The first-order chi connectivity index (χ1) is 13.0. The monoisotopic (exact) mass is 383 g/mol. The zero-order valence-corrected chi connectivity index (χ0v) is 15.5. The number of amides is 1. The number of rotatable bonds is 6. The second-order valence-corrected chi connectivity index (χ2v) is 7.05. The summed E-state index contributed by atoms with van der Waals surface area (Å²) in [6.07, 6.45) is 0. The number of ketones is 1. The van der Waals surface area contributed by atoms with E-state index >= 15 is 0 Å². The van der Waals surface area contributed by atoms with Gasteiger partial charge in [-0.2, -0.15) is 4.68 Å². The Morgan fingerprint density at radius 1 is 1.15 bits per heavy atom. The van der Waals surface area contributed by atoms with Crippen molar-refractivity contribution in [3.05, 3.63) is 54.1 Å². The van der Waals surface area contributed by atoms with E-state index in [0.29, 0.717) is 22.1 Å². The minimum atomic E-state index is -0.508. The number of phenols is 1. The number of carbonyl (C=O) groups excluding carboxylic acids is 2. The highest BCUT2D eigenvalue weighted by Crippen LogP contribution is 2.25. The molecule has 1 aromatic heterocycles. The number of aromatic hydroxyl groups is 1. The molecule has 0 saturated heterocycles. The molecule has 8 nitrogen and oxygen atoms in total. The van der Waals surface area contributed by atoms with Crippen LogP contribution in [0.2, 0.25) is 0 Å². The molecule has 1 amide bonds. The lowest BCUT2D eigenvalue weighted by Gasteiger charge is -2.13. The highest BCUT2D eigenvalue weighted by Gasteiger charge is 2.20. The van der Waals surface area contributed by atoms with E-state index in [1.165, 1.54) is 35.5 Å². The maximum atomic E-state index is 12.6. The third kappa shape index (κ3) is 4.32. The van der Waals surface area contributed by atoms with Crippen LogP contribution >= 0.6 is 11.8 Å². The summed E-state index contributed by atoms with van der Waals surface area (Å²) >= 11 is 1.18. The Bertz CT molecular complexity index is 971. The fraction of sp³-hybridized carbons (Fsp3) is 0.167. The smallest absolute Gasteiger partial charge is 0.237 e. The first-order valence-electron chi connectivity index (χ1n) is 8.11. The van der Waals surface area contributed by atoms with Crippen molar-refractivity contribution >= 4 is 29.1 Å². The van der Waals surface area contributed by atoms with E-state index in [1.54, 1.807) is 43.3 Å². The molecule has 0 spiro atoms. The van der Waals surface area contributed by atoms with Crippen LogP contribution in [-0.4, -0.2) is 42.3 Å². The maximum absolute atomic E-state index is 12.6. The van der Waals surface area contributed by atoms with Crippen LogP contribution in [0.25, 0.3) is 5.69 Å². The van der Waals surface area contributed by atoms with Crippen LogP contribution in [0, 0.1) is 0 Å². The van der Waals surface area contributed by atoms with Gasteiger partial charge in [-0.1, -0.05) is 23.9 Å². The fourth-order valence-corrected chi connectivity index (χ4v) is 3.16. The van der Waals surface area contributed by atoms with E-state index in [2.05, 4.69) is 20.8 Å². The minimum Gasteiger partial charge on any atom is -0.508 e. The van der Waals surface area contributed by atoms with Gasteiger partial charge in [-0.3, -0.25) is 9.59 Å². The number of hydrogen-bond acceptors (Lipinski definition) is 7. The summed E-state index contributed by atoms with van der Waals surface area (Å²) in [5.74, 6) is -0.255. The van der Waals surface area contributed by atoms with Gasteiger partial charge in [0.25, 0.3) is 0 Å². The zero-order chi connectivity index (χ0) is 19.4. The average molecular weight is 383 g/mol. The molecule has 0 fully saturated rings. The largest absolute Gasteiger partial charge is 0.508 e. The molecule has 0 unspecified atom stereocenters. The fourth-order valence-electron chi connectivity index (χ4n) is 2.35. The highest BCUT2D eigenvalue weighted by atomic mass is 32.2. The maximum Gasteiger partial charge on any atom is 0.237 e. The van der Waals surface area contributed by atoms with Gasteiger partial charge in [-0.05, 0) is 60.7 Å². The van der Waals surface area contributed by atoms with Crippen LogP contribution in [0.1, 0.15) is 24.2 Å². The van der Waals surface area contributed by atoms with Gasteiger partial charge in [-0.25, -0.2) is 0 Å². The Balaban J connectivity index is 1.74. The van der Waals surface area contributed by atoms with Crippen molar-refractivity contribution in [1.82, 2.24) is 20.2 Å². The number of carbonyl (C=O) groups is 2. The molecule has 3 rings (SSSR count). The van der Waals surface area contributed by atoms with Crippen molar-refractivity contribution in [2.45, 2.75) is 24.3 Å². The van der Waals surface area contributed by atoms with Gasteiger partial charge in [0.05, 0.1) is 16.6 Å². The molecule has 138 valence electrons. The number of Topliss-reactive ketones (excluding diaryl/α,β-unsaturated/α-hetero) is 1. The van der Waals surface area contributed by atoms with E-state index in [4.69, 9.17) is 0 Å². The Morgan fingerprint density at radius 3 is 2.56 bits per heavy atom. The number of hydrogen-bond donors (Lipinski definition) is 2. The second-order valence-electron chi connectivity index (χ2n) is 5.74. The molecule has 0 saturated carbocycles. The number of anilines is 1. The van der Waals surface area contributed by atoms with E-state index in [-0.39, 0.29) is 17.4 Å². The van der Waals surface area contributed by atoms with Crippen LogP contribution in [0.4, 0.5) is 5.69 Å². The molecule has 1 heterocycles. The van der Waals surface area contributed by atoms with Crippen molar-refractivity contribution in [2.24, 2.45) is 0 Å². The van der Waals surface area contributed by atoms with Crippen molar-refractivity contribution in [2.75, 3.05) is 5.32 Å². The Labute approximate surface area is 159 Å². The van der Waals surface area contributed by atoms with Gasteiger partial charge in [0.15, 0.2) is 5.78 Å². The number of thioether (sulfide) groups is 1. The highest BCUT2D eigenvalue weighted by molar-refractivity contribution is 8.00. The minimum absolute atomic E-state index is 0.123. The summed E-state index contributed by atoms with van der Waals surface area (Å²) in [4.78, 5) is 24.2. The van der Waals surface area contributed by atoms with Crippen molar-refractivity contribution < 1.29 is 14.7 Å². The molecular weight excluding hydrogens is 366 g/mol. The van der Waals surface area contributed by atoms with Crippen molar-refractivity contribution in [3.63, 3.8) is 0 Å². The summed E-state index contributed by atoms with van der Waals surface area (Å²) in [5, 5.41) is 23.6. The van der Waals surface area contributed by atoms with Gasteiger partial charge in [0.1, 0.15) is 5.75 Å². The molecule has 2 N–H and O–H groups in total. The third-order valence-electron chi connectivity index (χ3n) is 3.75. The SMILES string of the molecule is CC(=O)c1ccccc1NC(=O)[C@H](C)Sc1nnnn1-c1ccc(O)cc1. The standard InChI is InChI=1S/C18H17N5O3S/c1-11(24)15-5-3-4-6-16(15)19-17(26)12(2)27-18-20-21-22-23(18)13-7-9-14(25)10-8-13/h3-10,12,25H,1-2H3,(H,19,26)/t12-/m0/s1. The molecule has 0 aliphatic carbocycles. The molecule has 27 heavy (non-hydrogen) atoms. The van der Waals surface area contributed by atoms with Gasteiger partial charge in [0.2, 0.25) is 11.1 Å². The lowest BCUT2D eigenvalue weighted by Crippen LogP contribution is -2.24. The molecule has 0 aliphatic heterocycles. The number of tetrazole rings is 1. The average Bonchev–Trinajstić information content (AvgIpc) is 3.10. The molecule has 0 radical (unpaired) electrons. The zero-order valence-electron chi connectivity index (χ0n) is 14.7. The number of nitrogens with one attached hydrogen (secondary N) is 1. The number of para-hydroxylation sites is 1. The van der Waals surface area contributed by atoms with Gasteiger partial charge < -0.3 is 10.4 Å². The lowest BCUT2D eigenvalue weighted by molar-refractivity contribution is -0.115. The van der Waals surface area contributed by atoms with Crippen LogP contribution in [0.3, 0.4) is 0 Å². The number of aromatic nitrogens is 4. The number of phenolic OH excluding ortho intramolecular Hbond substituents is 1. The molecule has 9 heteroatoms. The Kier molecular flexibility index (Phi) is 5.51. The number of benzene rings is 2. The lowest BCUT2D eigenvalue weighted by atomic mass is 10.1. The third-order valence-corrected chi connectivity index (χ3v) is 4.78. The molecule has 3 aromatic rings. The molecular formula is C18H17N5O3S. The van der Waals surface area contributed by atoms with Crippen LogP contribution in [0.5, 0.6) is 5.75 Å². The van der Waals surface area contributed by atoms with Crippen LogP contribution < -0.4 is 5.32 Å². The predicted molar refractivity (Wildman–Crippen MR) is 101 cm³/mol. The van der Waals surface area contributed by atoms with Crippen LogP contribution in [-0.2, 0) is 4.79 Å². The van der Waals surface area contributed by atoms with Gasteiger partial charge >= 0.3 is 0 Å². The summed E-state index contributed by atoms with van der Waals surface area (Å²) in [5.41, 5.74) is 1.59. The van der Waals surface area contributed by atoms with Crippen molar-refractivity contribution in [3.8, 4) is 11.4 Å². The summed E-state index contributed by atoms with van der Waals surface area (Å²) < 4.78 is 1.48. The second kappa shape index (κ2) is 8.00. The normalized spacial score (nSPS) is 11.8. The van der Waals surface area contributed by atoms with Crippen LogP contribution in [0.15, 0.2) is 53.7 Å². The Morgan fingerprint density at radius 2 is 1.85 bits per heavy atom. The first kappa shape index (κ1) is 18.6. The molecule has 1 atom stereocenters. The number of nitrogens with zero attached hydrogens (tertiary/aromatic N) is 4. The quantitative estimate of drug-likeness (QED) is 0.497.